The van der Waals surface area contributed by atoms with Gasteiger partial charge >= 0.3 is 0 Å². The average molecular weight is 380 g/mol. The largest absolute Gasteiger partial charge is 0.369 e. The van der Waals surface area contributed by atoms with Crippen LogP contribution in [-0.4, -0.2) is 40.8 Å². The third kappa shape index (κ3) is 3.60. The normalized spacial score (nSPS) is 17.9. The maximum atomic E-state index is 12.3. The molecule has 0 unspecified atom stereocenters. The number of H-pyrrole nitrogens is 1. The lowest BCUT2D eigenvalue weighted by Crippen LogP contribution is -2.33. The first-order chi connectivity index (χ1) is 11.2. The Bertz CT molecular complexity index is 680. The fraction of sp³-hybridized carbons (Fsp3) is 0.400. The van der Waals surface area contributed by atoms with Gasteiger partial charge in [-0.2, -0.15) is 5.10 Å². The second kappa shape index (κ2) is 7.20. The van der Waals surface area contributed by atoms with Crippen LogP contribution in [0.15, 0.2) is 22.8 Å². The van der Waals surface area contributed by atoms with Crippen molar-refractivity contribution < 1.29 is 9.53 Å². The molecule has 1 aliphatic heterocycles. The van der Waals surface area contributed by atoms with Gasteiger partial charge in [-0.25, -0.2) is 0 Å². The van der Waals surface area contributed by atoms with E-state index in [2.05, 4.69) is 41.7 Å². The Hall–Kier alpha value is -1.77. The van der Waals surface area contributed by atoms with Crippen molar-refractivity contribution in [2.24, 2.45) is 0 Å². The minimum atomic E-state index is -0.255. The lowest BCUT2D eigenvalue weighted by Gasteiger charge is -2.23. The molecule has 0 bridgehead atoms. The fourth-order valence-corrected chi connectivity index (χ4v) is 3.01. The van der Waals surface area contributed by atoms with Crippen molar-refractivity contribution in [1.29, 1.82) is 0 Å². The minimum Gasteiger partial charge on any atom is -0.369 e. The Morgan fingerprint density at radius 3 is 3.00 bits per heavy atom. The second-order valence-electron chi connectivity index (χ2n) is 5.20. The van der Waals surface area contributed by atoms with Gasteiger partial charge in [-0.05, 0) is 34.5 Å². The number of carbonyl (C=O) groups excluding carboxylic acids is 1. The molecule has 1 amide bonds. The number of morpholine rings is 1. The Morgan fingerprint density at radius 2 is 2.39 bits per heavy atom. The van der Waals surface area contributed by atoms with Gasteiger partial charge in [0.05, 0.1) is 34.4 Å². The van der Waals surface area contributed by atoms with Crippen LogP contribution < -0.4 is 10.6 Å². The number of rotatable bonds is 4. The summed E-state index contributed by atoms with van der Waals surface area (Å²) in [6.45, 7) is 4.27. The van der Waals surface area contributed by atoms with Gasteiger partial charge in [0.25, 0.3) is 5.91 Å². The van der Waals surface area contributed by atoms with E-state index in [0.29, 0.717) is 22.5 Å². The molecule has 122 valence electrons. The van der Waals surface area contributed by atoms with Crippen LogP contribution >= 0.6 is 15.9 Å². The molecule has 7 nitrogen and oxygen atoms in total. The lowest BCUT2D eigenvalue weighted by atomic mass is 10.2. The van der Waals surface area contributed by atoms with E-state index < -0.39 is 0 Å². The molecule has 0 radical (unpaired) electrons. The number of carbonyl (C=O) groups is 1. The van der Waals surface area contributed by atoms with Crippen molar-refractivity contribution in [3.63, 3.8) is 0 Å². The van der Waals surface area contributed by atoms with Crippen molar-refractivity contribution in [2.45, 2.75) is 19.4 Å². The lowest BCUT2D eigenvalue weighted by molar-refractivity contribution is 0.0250. The molecule has 2 aromatic rings. The number of aromatic nitrogens is 3. The van der Waals surface area contributed by atoms with E-state index in [0.717, 1.165) is 30.9 Å². The zero-order valence-electron chi connectivity index (χ0n) is 12.7. The van der Waals surface area contributed by atoms with Crippen LogP contribution in [0.2, 0.25) is 0 Å². The Labute approximate surface area is 142 Å². The number of amides is 1. The van der Waals surface area contributed by atoms with Gasteiger partial charge in [0, 0.05) is 13.1 Å². The van der Waals surface area contributed by atoms with Gasteiger partial charge < -0.3 is 15.4 Å². The summed E-state index contributed by atoms with van der Waals surface area (Å²) in [5.74, 6) is -0.255. The van der Waals surface area contributed by atoms with Gasteiger partial charge in [-0.15, -0.1) is 0 Å². The first-order valence-corrected chi connectivity index (χ1v) is 8.30. The summed E-state index contributed by atoms with van der Waals surface area (Å²) in [4.78, 5) is 16.7. The van der Waals surface area contributed by atoms with E-state index in [-0.39, 0.29) is 12.0 Å². The first kappa shape index (κ1) is 16.1. The molecule has 3 heterocycles. The third-order valence-electron chi connectivity index (χ3n) is 3.64. The van der Waals surface area contributed by atoms with Gasteiger partial charge in [0.15, 0.2) is 0 Å². The van der Waals surface area contributed by atoms with Crippen molar-refractivity contribution in [3.05, 3.63) is 39.9 Å². The van der Waals surface area contributed by atoms with Crippen LogP contribution in [0.25, 0.3) is 0 Å². The predicted molar refractivity (Wildman–Crippen MR) is 89.4 cm³/mol. The molecular weight excluding hydrogens is 362 g/mol. The molecule has 1 aliphatic rings. The SMILES string of the molecule is CCc1n[nH]c(C(=O)Nc2ccc([C@H]3CNCCO3)nc2)c1Br. The summed E-state index contributed by atoms with van der Waals surface area (Å²) < 4.78 is 6.35. The standard InChI is InChI=1S/C15H18BrN5O2/c1-2-10-13(16)14(21-20-10)15(22)19-9-3-4-11(18-7-9)12-8-17-5-6-23-12/h3-4,7,12,17H,2,5-6,8H2,1H3,(H,19,22)(H,20,21)/t12-/m1/s1. The van der Waals surface area contributed by atoms with E-state index >= 15 is 0 Å². The summed E-state index contributed by atoms with van der Waals surface area (Å²) in [5.41, 5.74) is 2.71. The Kier molecular flexibility index (Phi) is 5.04. The molecule has 0 aromatic carbocycles. The molecule has 2 aromatic heterocycles. The highest BCUT2D eigenvalue weighted by Crippen LogP contribution is 2.21. The van der Waals surface area contributed by atoms with Crippen molar-refractivity contribution in [1.82, 2.24) is 20.5 Å². The van der Waals surface area contributed by atoms with Crippen LogP contribution in [0, 0.1) is 0 Å². The number of pyridine rings is 1. The molecule has 0 saturated carbocycles. The molecule has 1 atom stereocenters. The quantitative estimate of drug-likeness (QED) is 0.755. The summed E-state index contributed by atoms with van der Waals surface area (Å²) in [6, 6.07) is 3.69. The van der Waals surface area contributed by atoms with Crippen molar-refractivity contribution >= 4 is 27.5 Å². The molecule has 0 aliphatic carbocycles. The molecule has 0 spiro atoms. The first-order valence-electron chi connectivity index (χ1n) is 7.51. The zero-order chi connectivity index (χ0) is 16.2. The minimum absolute atomic E-state index is 0.0395. The molecule has 1 fully saturated rings. The van der Waals surface area contributed by atoms with Gasteiger partial charge in [-0.3, -0.25) is 14.9 Å². The Morgan fingerprint density at radius 1 is 1.52 bits per heavy atom. The average Bonchev–Trinajstić information content (AvgIpc) is 2.97. The number of hydrogen-bond donors (Lipinski definition) is 3. The van der Waals surface area contributed by atoms with Crippen molar-refractivity contribution in [3.8, 4) is 0 Å². The highest BCUT2D eigenvalue weighted by atomic mass is 79.9. The van der Waals surface area contributed by atoms with Crippen LogP contribution in [0.4, 0.5) is 5.69 Å². The second-order valence-corrected chi connectivity index (χ2v) is 6.00. The van der Waals surface area contributed by atoms with E-state index in [1.165, 1.54) is 0 Å². The van der Waals surface area contributed by atoms with E-state index in [1.54, 1.807) is 6.20 Å². The number of nitrogens with one attached hydrogen (secondary N) is 3. The number of aryl methyl sites for hydroxylation is 1. The fourth-order valence-electron chi connectivity index (χ4n) is 2.37. The van der Waals surface area contributed by atoms with E-state index in [9.17, 15) is 4.79 Å². The number of ether oxygens (including phenoxy) is 1. The monoisotopic (exact) mass is 379 g/mol. The molecule has 3 N–H and O–H groups in total. The molecule has 3 rings (SSSR count). The smallest absolute Gasteiger partial charge is 0.274 e. The maximum absolute atomic E-state index is 12.3. The van der Waals surface area contributed by atoms with Crippen molar-refractivity contribution in [2.75, 3.05) is 25.0 Å². The maximum Gasteiger partial charge on any atom is 0.274 e. The van der Waals surface area contributed by atoms with Crippen LogP contribution in [0.1, 0.15) is 34.9 Å². The highest BCUT2D eigenvalue weighted by Gasteiger charge is 2.18. The summed E-state index contributed by atoms with van der Waals surface area (Å²) in [7, 11) is 0. The van der Waals surface area contributed by atoms with Crippen LogP contribution in [-0.2, 0) is 11.2 Å². The van der Waals surface area contributed by atoms with Crippen LogP contribution in [0.3, 0.4) is 0 Å². The van der Waals surface area contributed by atoms with Gasteiger partial charge in [0.1, 0.15) is 11.8 Å². The zero-order valence-corrected chi connectivity index (χ0v) is 14.3. The molecule has 8 heteroatoms. The van der Waals surface area contributed by atoms with E-state index in [4.69, 9.17) is 4.74 Å². The van der Waals surface area contributed by atoms with E-state index in [1.807, 2.05) is 19.1 Å². The third-order valence-corrected chi connectivity index (χ3v) is 4.49. The Balaban J connectivity index is 1.67. The molecular formula is C15H18BrN5O2. The topological polar surface area (TPSA) is 91.9 Å². The molecule has 23 heavy (non-hydrogen) atoms. The molecule has 1 saturated heterocycles. The number of aromatic amines is 1. The number of hydrogen-bond acceptors (Lipinski definition) is 5. The highest BCUT2D eigenvalue weighted by molar-refractivity contribution is 9.10. The predicted octanol–water partition coefficient (Wildman–Crippen LogP) is 2.04. The summed E-state index contributed by atoms with van der Waals surface area (Å²) in [5, 5.41) is 12.9. The van der Waals surface area contributed by atoms with Gasteiger partial charge in [0.2, 0.25) is 0 Å². The number of nitrogens with zero attached hydrogens (tertiary/aromatic N) is 2. The number of halogens is 1. The van der Waals surface area contributed by atoms with Crippen LogP contribution in [0.5, 0.6) is 0 Å². The summed E-state index contributed by atoms with van der Waals surface area (Å²) in [6.07, 6.45) is 2.34. The number of anilines is 1. The van der Waals surface area contributed by atoms with Gasteiger partial charge in [-0.1, -0.05) is 6.92 Å². The summed E-state index contributed by atoms with van der Waals surface area (Å²) >= 11 is 3.40.